The largest absolute Gasteiger partial charge is 0.507 e. The average molecular weight is 347 g/mol. The molecule has 0 atom stereocenters. The normalized spacial score (nSPS) is 11.3. The highest BCUT2D eigenvalue weighted by atomic mass is 79.9. The molecule has 2 N–H and O–H groups in total. The number of aromatic hydroxyl groups is 1. The van der Waals surface area contributed by atoms with E-state index in [1.807, 2.05) is 24.3 Å². The van der Waals surface area contributed by atoms with Crippen LogP contribution in [-0.2, 0) is 0 Å². The van der Waals surface area contributed by atoms with Crippen molar-refractivity contribution in [3.63, 3.8) is 0 Å². The zero-order valence-corrected chi connectivity index (χ0v) is 13.3. The molecule has 1 amide bonds. The van der Waals surface area contributed by atoms with Crippen molar-refractivity contribution in [2.45, 2.75) is 13.8 Å². The van der Waals surface area contributed by atoms with Gasteiger partial charge in [-0.15, -0.1) is 0 Å². The number of hydrogen-bond donors (Lipinski definition) is 2. The van der Waals surface area contributed by atoms with Gasteiger partial charge in [0.25, 0.3) is 5.91 Å². The lowest BCUT2D eigenvalue weighted by atomic mass is 10.1. The maximum atomic E-state index is 12.0. The SMILES string of the molecule is CC(=NNC(=O)c1cccc(C)c1O)c1ccc(Br)cc1. The molecule has 0 fully saturated rings. The summed E-state index contributed by atoms with van der Waals surface area (Å²) in [6.07, 6.45) is 0. The van der Waals surface area contributed by atoms with Crippen LogP contribution in [-0.4, -0.2) is 16.7 Å². The number of phenolic OH excluding ortho intramolecular Hbond substituents is 1. The highest BCUT2D eigenvalue weighted by Gasteiger charge is 2.11. The molecule has 0 radical (unpaired) electrons. The lowest BCUT2D eigenvalue weighted by Gasteiger charge is -2.06. The maximum absolute atomic E-state index is 12.0. The Morgan fingerprint density at radius 1 is 1.19 bits per heavy atom. The molecule has 108 valence electrons. The van der Waals surface area contributed by atoms with Crippen LogP contribution in [0.3, 0.4) is 0 Å². The van der Waals surface area contributed by atoms with E-state index in [1.165, 1.54) is 0 Å². The number of benzene rings is 2. The first-order valence-corrected chi connectivity index (χ1v) is 7.17. The summed E-state index contributed by atoms with van der Waals surface area (Å²) >= 11 is 3.36. The van der Waals surface area contributed by atoms with E-state index in [-0.39, 0.29) is 11.3 Å². The third kappa shape index (κ3) is 3.70. The molecule has 4 nitrogen and oxygen atoms in total. The third-order valence-corrected chi connectivity index (χ3v) is 3.60. The van der Waals surface area contributed by atoms with Crippen molar-refractivity contribution in [3.8, 4) is 5.75 Å². The molecule has 0 aromatic heterocycles. The summed E-state index contributed by atoms with van der Waals surface area (Å²) in [6.45, 7) is 3.54. The summed E-state index contributed by atoms with van der Waals surface area (Å²) in [5.74, 6) is -0.459. The van der Waals surface area contributed by atoms with Gasteiger partial charge in [-0.05, 0) is 43.2 Å². The molecule has 21 heavy (non-hydrogen) atoms. The highest BCUT2D eigenvalue weighted by molar-refractivity contribution is 9.10. The van der Waals surface area contributed by atoms with Crippen LogP contribution in [0.25, 0.3) is 0 Å². The Bertz CT molecular complexity index is 694. The summed E-state index contributed by atoms with van der Waals surface area (Å²) in [5.41, 5.74) is 4.91. The van der Waals surface area contributed by atoms with Crippen LogP contribution in [0.1, 0.15) is 28.4 Å². The van der Waals surface area contributed by atoms with Crippen molar-refractivity contribution in [3.05, 3.63) is 63.6 Å². The van der Waals surface area contributed by atoms with Crippen molar-refractivity contribution in [2.24, 2.45) is 5.10 Å². The van der Waals surface area contributed by atoms with E-state index in [2.05, 4.69) is 26.5 Å². The summed E-state index contributed by atoms with van der Waals surface area (Å²) in [6, 6.07) is 12.6. The van der Waals surface area contributed by atoms with Gasteiger partial charge in [0.1, 0.15) is 5.75 Å². The highest BCUT2D eigenvalue weighted by Crippen LogP contribution is 2.21. The zero-order chi connectivity index (χ0) is 15.4. The van der Waals surface area contributed by atoms with Gasteiger partial charge in [-0.2, -0.15) is 5.10 Å². The number of phenols is 1. The fourth-order valence-corrected chi connectivity index (χ4v) is 2.06. The molecule has 0 unspecified atom stereocenters. The van der Waals surface area contributed by atoms with Crippen LogP contribution >= 0.6 is 15.9 Å². The number of para-hydroxylation sites is 1. The summed E-state index contributed by atoms with van der Waals surface area (Å²) in [4.78, 5) is 12.0. The number of hydrazone groups is 1. The summed E-state index contributed by atoms with van der Waals surface area (Å²) < 4.78 is 0.979. The van der Waals surface area contributed by atoms with Crippen molar-refractivity contribution < 1.29 is 9.90 Å². The molecule has 2 aromatic carbocycles. The van der Waals surface area contributed by atoms with E-state index in [9.17, 15) is 9.90 Å². The number of aryl methyl sites for hydroxylation is 1. The molecule has 0 saturated carbocycles. The van der Waals surface area contributed by atoms with Crippen molar-refractivity contribution in [2.75, 3.05) is 0 Å². The Balaban J connectivity index is 2.14. The van der Waals surface area contributed by atoms with Crippen molar-refractivity contribution in [1.29, 1.82) is 0 Å². The smallest absolute Gasteiger partial charge is 0.275 e. The number of carbonyl (C=O) groups is 1. The molecule has 5 heteroatoms. The number of carbonyl (C=O) groups excluding carboxylic acids is 1. The Kier molecular flexibility index (Phi) is 4.75. The van der Waals surface area contributed by atoms with E-state index < -0.39 is 5.91 Å². The number of nitrogens with one attached hydrogen (secondary N) is 1. The zero-order valence-electron chi connectivity index (χ0n) is 11.7. The fourth-order valence-electron chi connectivity index (χ4n) is 1.79. The van der Waals surface area contributed by atoms with Crippen LogP contribution in [0.15, 0.2) is 52.0 Å². The van der Waals surface area contributed by atoms with Crippen LogP contribution < -0.4 is 5.43 Å². The third-order valence-electron chi connectivity index (χ3n) is 3.07. The van der Waals surface area contributed by atoms with Gasteiger partial charge in [-0.25, -0.2) is 5.43 Å². The second-order valence-electron chi connectivity index (χ2n) is 4.62. The quantitative estimate of drug-likeness (QED) is 0.658. The predicted molar refractivity (Wildman–Crippen MR) is 86.7 cm³/mol. The second kappa shape index (κ2) is 6.54. The molecule has 0 aliphatic carbocycles. The minimum absolute atomic E-state index is 0.0218. The van der Waals surface area contributed by atoms with Crippen LogP contribution in [0.2, 0.25) is 0 Å². The van der Waals surface area contributed by atoms with Gasteiger partial charge in [0, 0.05) is 4.47 Å². The Morgan fingerprint density at radius 3 is 2.52 bits per heavy atom. The summed E-state index contributed by atoms with van der Waals surface area (Å²) in [7, 11) is 0. The predicted octanol–water partition coefficient (Wildman–Crippen LogP) is 3.62. The Morgan fingerprint density at radius 2 is 1.86 bits per heavy atom. The number of nitrogens with zero attached hydrogens (tertiary/aromatic N) is 1. The minimum Gasteiger partial charge on any atom is -0.507 e. The standard InChI is InChI=1S/C16H15BrN2O2/c1-10-4-3-5-14(15(10)20)16(21)19-18-11(2)12-6-8-13(17)9-7-12/h3-9,20H,1-2H3,(H,19,21). The first-order chi connectivity index (χ1) is 9.99. The lowest BCUT2D eigenvalue weighted by Crippen LogP contribution is -2.19. The Hall–Kier alpha value is -2.14. The monoisotopic (exact) mass is 346 g/mol. The molecule has 2 aromatic rings. The maximum Gasteiger partial charge on any atom is 0.275 e. The lowest BCUT2D eigenvalue weighted by molar-refractivity contribution is 0.0952. The van der Waals surface area contributed by atoms with Gasteiger partial charge in [-0.1, -0.05) is 40.2 Å². The first-order valence-electron chi connectivity index (χ1n) is 6.38. The number of hydrogen-bond acceptors (Lipinski definition) is 3. The van der Waals surface area contributed by atoms with Crippen molar-refractivity contribution in [1.82, 2.24) is 5.43 Å². The summed E-state index contributed by atoms with van der Waals surface area (Å²) in [5, 5.41) is 13.9. The van der Waals surface area contributed by atoms with Gasteiger partial charge in [0.05, 0.1) is 11.3 Å². The molecule has 0 bridgehead atoms. The van der Waals surface area contributed by atoms with E-state index >= 15 is 0 Å². The van der Waals surface area contributed by atoms with E-state index in [1.54, 1.807) is 32.0 Å². The van der Waals surface area contributed by atoms with Gasteiger partial charge in [-0.3, -0.25) is 4.79 Å². The van der Waals surface area contributed by atoms with Crippen LogP contribution in [0, 0.1) is 6.92 Å². The van der Waals surface area contributed by atoms with Crippen LogP contribution in [0.5, 0.6) is 5.75 Å². The number of amides is 1. The molecule has 0 aliphatic rings. The second-order valence-corrected chi connectivity index (χ2v) is 5.53. The van der Waals surface area contributed by atoms with Gasteiger partial charge in [0.15, 0.2) is 0 Å². The average Bonchev–Trinajstić information content (AvgIpc) is 2.48. The number of rotatable bonds is 3. The number of halogens is 1. The fraction of sp³-hybridized carbons (Fsp3) is 0.125. The van der Waals surface area contributed by atoms with E-state index in [0.29, 0.717) is 11.3 Å². The van der Waals surface area contributed by atoms with Gasteiger partial charge >= 0.3 is 0 Å². The molecular weight excluding hydrogens is 332 g/mol. The first kappa shape index (κ1) is 15.3. The minimum atomic E-state index is -0.437. The molecule has 2 rings (SSSR count). The van der Waals surface area contributed by atoms with E-state index in [4.69, 9.17) is 0 Å². The molecule has 0 heterocycles. The Labute approximate surface area is 131 Å². The molecule has 0 saturated heterocycles. The molecule has 0 aliphatic heterocycles. The van der Waals surface area contributed by atoms with Gasteiger partial charge in [0.2, 0.25) is 0 Å². The topological polar surface area (TPSA) is 61.7 Å². The van der Waals surface area contributed by atoms with Crippen LogP contribution in [0.4, 0.5) is 0 Å². The molecular formula is C16H15BrN2O2. The van der Waals surface area contributed by atoms with Gasteiger partial charge < -0.3 is 5.11 Å². The van der Waals surface area contributed by atoms with E-state index in [0.717, 1.165) is 10.0 Å². The molecule has 0 spiro atoms. The van der Waals surface area contributed by atoms with Crippen molar-refractivity contribution >= 4 is 27.5 Å².